The number of nitrogens with two attached hydrogens (primary N) is 1. The molecule has 1 aliphatic rings. The van der Waals surface area contributed by atoms with Crippen LogP contribution in [-0.4, -0.2) is 65.8 Å². The number of aromatic nitrogens is 2. The summed E-state index contributed by atoms with van der Waals surface area (Å²) in [5.41, 5.74) is 4.87. The second kappa shape index (κ2) is 12.2. The Morgan fingerprint density at radius 3 is 2.77 bits per heavy atom. The summed E-state index contributed by atoms with van der Waals surface area (Å²) in [6.45, 7) is 1.31. The topological polar surface area (TPSA) is 173 Å². The SMILES string of the molecule is COCCOC(=O)[C@H](C)N[P@](=O)(OC[C@@H]1O[C@H](n2ccc(N)nc2=O)C[C@H]1O)Oc1ccccc1. The van der Waals surface area contributed by atoms with Crippen molar-refractivity contribution in [2.75, 3.05) is 32.7 Å². The Kier molecular flexibility index (Phi) is 9.38. The van der Waals surface area contributed by atoms with Gasteiger partial charge in [-0.05, 0) is 25.1 Å². The zero-order valence-corrected chi connectivity index (χ0v) is 20.2. The zero-order chi connectivity index (χ0) is 25.4. The fraction of sp³-hybridized carbons (Fsp3) is 0.476. The number of carbonyl (C=O) groups excluding carboxylic acids is 1. The minimum absolute atomic E-state index is 0.0227. The van der Waals surface area contributed by atoms with Crippen LogP contribution in [0.2, 0.25) is 0 Å². The number of nitrogens with one attached hydrogen (secondary N) is 1. The first-order valence-electron chi connectivity index (χ1n) is 10.8. The van der Waals surface area contributed by atoms with Crippen LogP contribution in [0.15, 0.2) is 47.4 Å². The molecule has 0 amide bonds. The van der Waals surface area contributed by atoms with E-state index >= 15 is 0 Å². The number of para-hydroxylation sites is 1. The molecule has 0 bridgehead atoms. The van der Waals surface area contributed by atoms with Gasteiger partial charge in [0.2, 0.25) is 0 Å². The van der Waals surface area contributed by atoms with Gasteiger partial charge in [-0.25, -0.2) is 9.36 Å². The van der Waals surface area contributed by atoms with Crippen LogP contribution in [-0.2, 0) is 28.1 Å². The predicted octanol–water partition coefficient (Wildman–Crippen LogP) is 0.845. The highest BCUT2D eigenvalue weighted by Crippen LogP contribution is 2.45. The second-order valence-corrected chi connectivity index (χ2v) is 9.38. The zero-order valence-electron chi connectivity index (χ0n) is 19.3. The van der Waals surface area contributed by atoms with Gasteiger partial charge in [-0.3, -0.25) is 13.9 Å². The van der Waals surface area contributed by atoms with Crippen molar-refractivity contribution in [2.45, 2.75) is 37.8 Å². The van der Waals surface area contributed by atoms with E-state index in [2.05, 4.69) is 10.1 Å². The van der Waals surface area contributed by atoms with Crippen molar-refractivity contribution < 1.29 is 37.7 Å². The lowest BCUT2D eigenvalue weighted by Gasteiger charge is -2.24. The molecule has 1 saturated heterocycles. The van der Waals surface area contributed by atoms with Crippen LogP contribution in [0.4, 0.5) is 5.82 Å². The molecule has 35 heavy (non-hydrogen) atoms. The van der Waals surface area contributed by atoms with Crippen molar-refractivity contribution in [1.29, 1.82) is 0 Å². The molecule has 1 aromatic carbocycles. The van der Waals surface area contributed by atoms with Crippen LogP contribution in [0.3, 0.4) is 0 Å². The van der Waals surface area contributed by atoms with Crippen LogP contribution in [0, 0.1) is 0 Å². The molecule has 13 nitrogen and oxygen atoms in total. The fourth-order valence-electron chi connectivity index (χ4n) is 3.20. The number of rotatable bonds is 12. The number of nitrogen functional groups attached to an aromatic ring is 1. The number of esters is 1. The summed E-state index contributed by atoms with van der Waals surface area (Å²) >= 11 is 0. The van der Waals surface area contributed by atoms with Gasteiger partial charge in [-0.15, -0.1) is 0 Å². The molecule has 2 aromatic rings. The van der Waals surface area contributed by atoms with Gasteiger partial charge in [0.1, 0.15) is 36.5 Å². The Hall–Kier alpha value is -2.80. The third-order valence-electron chi connectivity index (χ3n) is 4.98. The number of ether oxygens (including phenoxy) is 3. The van der Waals surface area contributed by atoms with E-state index in [1.807, 2.05) is 0 Å². The van der Waals surface area contributed by atoms with Gasteiger partial charge >= 0.3 is 19.4 Å². The third-order valence-corrected chi connectivity index (χ3v) is 6.62. The lowest BCUT2D eigenvalue weighted by Crippen LogP contribution is -2.36. The highest BCUT2D eigenvalue weighted by Gasteiger charge is 2.39. The van der Waals surface area contributed by atoms with E-state index in [0.717, 1.165) is 0 Å². The Morgan fingerprint density at radius 1 is 1.34 bits per heavy atom. The van der Waals surface area contributed by atoms with Crippen LogP contribution < -0.4 is 21.0 Å². The minimum atomic E-state index is -4.15. The van der Waals surface area contributed by atoms with Gasteiger partial charge in [0.25, 0.3) is 0 Å². The largest absolute Gasteiger partial charge is 0.462 e. The van der Waals surface area contributed by atoms with Crippen LogP contribution in [0.25, 0.3) is 0 Å². The minimum Gasteiger partial charge on any atom is -0.462 e. The number of methoxy groups -OCH3 is 1. The number of carbonyl (C=O) groups is 1. The first-order chi connectivity index (χ1) is 16.7. The number of hydrogen-bond acceptors (Lipinski definition) is 11. The van der Waals surface area contributed by atoms with E-state index < -0.39 is 43.9 Å². The van der Waals surface area contributed by atoms with Gasteiger partial charge in [0, 0.05) is 19.7 Å². The fourth-order valence-corrected chi connectivity index (χ4v) is 4.71. The van der Waals surface area contributed by atoms with Crippen molar-refractivity contribution >= 4 is 19.5 Å². The van der Waals surface area contributed by atoms with Crippen LogP contribution >= 0.6 is 7.75 Å². The Morgan fingerprint density at radius 2 is 2.09 bits per heavy atom. The summed E-state index contributed by atoms with van der Waals surface area (Å²) in [5.74, 6) is -0.395. The van der Waals surface area contributed by atoms with Crippen molar-refractivity contribution in [3.05, 3.63) is 53.1 Å². The average Bonchev–Trinajstić information content (AvgIpc) is 3.18. The molecule has 5 atom stereocenters. The quantitative estimate of drug-likeness (QED) is 0.208. The molecular formula is C21H29N4O9P. The van der Waals surface area contributed by atoms with Gasteiger partial charge in [0.05, 0.1) is 19.3 Å². The monoisotopic (exact) mass is 512 g/mol. The van der Waals surface area contributed by atoms with Gasteiger partial charge in [-0.2, -0.15) is 10.1 Å². The smallest absolute Gasteiger partial charge is 0.459 e. The first-order valence-corrected chi connectivity index (χ1v) is 12.4. The van der Waals surface area contributed by atoms with Crippen LogP contribution in [0.5, 0.6) is 5.75 Å². The lowest BCUT2D eigenvalue weighted by atomic mass is 10.2. The summed E-state index contributed by atoms with van der Waals surface area (Å²) in [7, 11) is -2.68. The molecule has 1 aliphatic heterocycles. The third kappa shape index (κ3) is 7.59. The number of nitrogens with zero attached hydrogens (tertiary/aromatic N) is 2. The molecule has 192 valence electrons. The highest BCUT2D eigenvalue weighted by molar-refractivity contribution is 7.52. The molecule has 0 spiro atoms. The van der Waals surface area contributed by atoms with Crippen molar-refractivity contribution in [3.8, 4) is 5.75 Å². The summed E-state index contributed by atoms with van der Waals surface area (Å²) < 4.78 is 41.5. The maximum absolute atomic E-state index is 13.5. The number of benzene rings is 1. The summed E-state index contributed by atoms with van der Waals surface area (Å²) in [4.78, 5) is 28.0. The first kappa shape index (κ1) is 26.8. The van der Waals surface area contributed by atoms with Gasteiger partial charge < -0.3 is 29.6 Å². The highest BCUT2D eigenvalue weighted by atomic mass is 31.2. The predicted molar refractivity (Wildman–Crippen MR) is 124 cm³/mol. The molecular weight excluding hydrogens is 483 g/mol. The maximum Gasteiger partial charge on any atom is 0.459 e. The standard InChI is InChI=1S/C21H29N4O9P/c1-14(20(27)31-11-10-30-2)24-35(29,34-15-6-4-3-5-7-15)32-13-17-16(26)12-19(33-17)25-9-8-18(22)23-21(25)28/h3-9,14,16-17,19,26H,10-13H2,1-2H3,(H,24,29)(H2,22,23,28)/t14-,16+,17-,19-,35-/m0/s1. The summed E-state index contributed by atoms with van der Waals surface area (Å²) in [6, 6.07) is 8.61. The molecule has 0 aliphatic carbocycles. The molecule has 0 saturated carbocycles. The Balaban J connectivity index is 1.68. The molecule has 1 fully saturated rings. The maximum atomic E-state index is 13.5. The van der Waals surface area contributed by atoms with Crippen molar-refractivity contribution in [3.63, 3.8) is 0 Å². The van der Waals surface area contributed by atoms with Gasteiger partial charge in [0.15, 0.2) is 0 Å². The van der Waals surface area contributed by atoms with Crippen molar-refractivity contribution in [2.24, 2.45) is 0 Å². The average molecular weight is 512 g/mol. The van der Waals surface area contributed by atoms with E-state index in [4.69, 9.17) is 29.0 Å². The van der Waals surface area contributed by atoms with Crippen LogP contribution in [0.1, 0.15) is 19.6 Å². The summed E-state index contributed by atoms with van der Waals surface area (Å²) in [6.07, 6.45) is -1.32. The van der Waals surface area contributed by atoms with E-state index in [-0.39, 0.29) is 37.8 Å². The number of hydrogen-bond donors (Lipinski definition) is 3. The molecule has 3 rings (SSSR count). The number of aliphatic hydroxyl groups is 1. The normalized spacial score (nSPS) is 22.3. The molecule has 4 N–H and O–H groups in total. The Bertz CT molecular complexity index is 1080. The van der Waals surface area contributed by atoms with E-state index in [1.54, 1.807) is 30.3 Å². The second-order valence-electron chi connectivity index (χ2n) is 7.68. The molecule has 14 heteroatoms. The van der Waals surface area contributed by atoms with E-state index in [0.29, 0.717) is 0 Å². The van der Waals surface area contributed by atoms with E-state index in [1.165, 1.54) is 30.9 Å². The molecule has 0 unspecified atom stereocenters. The number of anilines is 1. The van der Waals surface area contributed by atoms with Crippen molar-refractivity contribution in [1.82, 2.24) is 14.6 Å². The molecule has 2 heterocycles. The van der Waals surface area contributed by atoms with Gasteiger partial charge in [-0.1, -0.05) is 18.2 Å². The lowest BCUT2D eigenvalue weighted by molar-refractivity contribution is -0.146. The Labute approximate surface area is 201 Å². The number of aliphatic hydroxyl groups excluding tert-OH is 1. The molecule has 1 aromatic heterocycles. The summed E-state index contributed by atoms with van der Waals surface area (Å²) in [5, 5.41) is 13.0. The van der Waals surface area contributed by atoms with E-state index in [9.17, 15) is 19.3 Å². The molecule has 0 radical (unpaired) electrons.